The van der Waals surface area contributed by atoms with Crippen LogP contribution >= 0.6 is 0 Å². The number of fused-ring (bicyclic) bond motifs is 1. The molecule has 2 N–H and O–H groups in total. The summed E-state index contributed by atoms with van der Waals surface area (Å²) in [4.78, 5) is 48.9. The second-order valence-electron chi connectivity index (χ2n) is 7.12. The SMILES string of the molecule is CCN(C(=O)CC(C(=O)NC(C=O)CC(=O)O)C(C)C)n1cc2ccccc2n1. The Bertz CT molecular complexity index is 859. The number of aromatic nitrogens is 2. The van der Waals surface area contributed by atoms with Crippen molar-refractivity contribution in [1.82, 2.24) is 15.2 Å². The van der Waals surface area contributed by atoms with Gasteiger partial charge in [-0.1, -0.05) is 32.0 Å². The van der Waals surface area contributed by atoms with Crippen molar-refractivity contribution in [2.24, 2.45) is 11.8 Å². The number of carboxylic acid groups (broad SMARTS) is 1. The largest absolute Gasteiger partial charge is 0.481 e. The van der Waals surface area contributed by atoms with Crippen molar-refractivity contribution in [2.75, 3.05) is 11.6 Å². The molecule has 9 heteroatoms. The van der Waals surface area contributed by atoms with Gasteiger partial charge in [-0.2, -0.15) is 9.89 Å². The van der Waals surface area contributed by atoms with Crippen molar-refractivity contribution in [3.8, 4) is 0 Å². The van der Waals surface area contributed by atoms with E-state index in [0.717, 1.165) is 10.9 Å². The van der Waals surface area contributed by atoms with Gasteiger partial charge in [-0.3, -0.25) is 14.4 Å². The van der Waals surface area contributed by atoms with Crippen LogP contribution in [0.1, 0.15) is 33.6 Å². The molecule has 29 heavy (non-hydrogen) atoms. The summed E-state index contributed by atoms with van der Waals surface area (Å²) in [6.45, 7) is 5.76. The third-order valence-electron chi connectivity index (χ3n) is 4.66. The third kappa shape index (κ3) is 5.63. The van der Waals surface area contributed by atoms with Gasteiger partial charge in [-0.25, -0.2) is 5.01 Å². The lowest BCUT2D eigenvalue weighted by atomic mass is 9.90. The molecule has 0 aliphatic rings. The summed E-state index contributed by atoms with van der Waals surface area (Å²) in [5, 5.41) is 18.0. The van der Waals surface area contributed by atoms with Crippen molar-refractivity contribution in [1.29, 1.82) is 0 Å². The smallest absolute Gasteiger partial charge is 0.305 e. The average Bonchev–Trinajstić information content (AvgIpc) is 3.08. The summed E-state index contributed by atoms with van der Waals surface area (Å²) in [6.07, 6.45) is 1.54. The molecule has 2 amide bonds. The maximum atomic E-state index is 12.9. The molecule has 0 saturated heterocycles. The van der Waals surface area contributed by atoms with Gasteiger partial charge in [0.25, 0.3) is 0 Å². The first-order valence-electron chi connectivity index (χ1n) is 9.49. The molecule has 9 nitrogen and oxygen atoms in total. The topological polar surface area (TPSA) is 122 Å². The molecular weight excluding hydrogens is 376 g/mol. The molecule has 0 saturated carbocycles. The van der Waals surface area contributed by atoms with Gasteiger partial charge >= 0.3 is 5.97 Å². The zero-order valence-corrected chi connectivity index (χ0v) is 16.7. The number of carboxylic acids is 1. The number of nitrogens with one attached hydrogen (secondary N) is 1. The second kappa shape index (κ2) is 9.81. The van der Waals surface area contributed by atoms with E-state index in [1.807, 2.05) is 31.2 Å². The first-order valence-corrected chi connectivity index (χ1v) is 9.49. The molecule has 1 aromatic heterocycles. The van der Waals surface area contributed by atoms with Crippen LogP contribution in [0.5, 0.6) is 0 Å². The highest BCUT2D eigenvalue weighted by Crippen LogP contribution is 2.18. The van der Waals surface area contributed by atoms with Crippen LogP contribution in [0.2, 0.25) is 0 Å². The van der Waals surface area contributed by atoms with Crippen molar-refractivity contribution in [3.05, 3.63) is 30.5 Å². The monoisotopic (exact) mass is 402 g/mol. The molecule has 0 spiro atoms. The fourth-order valence-corrected chi connectivity index (χ4v) is 3.05. The molecule has 0 aliphatic heterocycles. The second-order valence-corrected chi connectivity index (χ2v) is 7.12. The van der Waals surface area contributed by atoms with Crippen LogP contribution in [-0.4, -0.2) is 51.7 Å². The molecule has 0 bridgehead atoms. The number of hydrogen-bond acceptors (Lipinski definition) is 5. The Hall–Kier alpha value is -3.23. The molecule has 2 unspecified atom stereocenters. The van der Waals surface area contributed by atoms with Crippen LogP contribution in [0.4, 0.5) is 0 Å². The summed E-state index contributed by atoms with van der Waals surface area (Å²) in [5.74, 6) is -2.91. The fourth-order valence-electron chi connectivity index (χ4n) is 3.05. The molecule has 1 aromatic carbocycles. The number of carbonyl (C=O) groups is 4. The summed E-state index contributed by atoms with van der Waals surface area (Å²) >= 11 is 0. The minimum Gasteiger partial charge on any atom is -0.481 e. The first kappa shape index (κ1) is 22.1. The number of amides is 2. The highest BCUT2D eigenvalue weighted by molar-refractivity contribution is 5.92. The van der Waals surface area contributed by atoms with Crippen LogP contribution in [0.25, 0.3) is 10.9 Å². The van der Waals surface area contributed by atoms with Crippen molar-refractivity contribution in [2.45, 2.75) is 39.7 Å². The number of carbonyl (C=O) groups excluding carboxylic acids is 3. The van der Waals surface area contributed by atoms with E-state index >= 15 is 0 Å². The first-order chi connectivity index (χ1) is 13.8. The van der Waals surface area contributed by atoms with Gasteiger partial charge < -0.3 is 15.2 Å². The van der Waals surface area contributed by atoms with Crippen LogP contribution in [0.15, 0.2) is 30.5 Å². The van der Waals surface area contributed by atoms with Crippen molar-refractivity contribution >= 4 is 35.0 Å². The Kier molecular flexibility index (Phi) is 7.46. The van der Waals surface area contributed by atoms with Gasteiger partial charge in [-0.05, 0) is 18.9 Å². The number of rotatable bonds is 10. The molecule has 2 atom stereocenters. The zero-order chi connectivity index (χ0) is 21.6. The van der Waals surface area contributed by atoms with E-state index in [4.69, 9.17) is 5.11 Å². The Morgan fingerprint density at radius 2 is 1.93 bits per heavy atom. The zero-order valence-electron chi connectivity index (χ0n) is 16.7. The summed E-state index contributed by atoms with van der Waals surface area (Å²) < 4.78 is 0. The number of aliphatic carboxylic acids is 1. The maximum Gasteiger partial charge on any atom is 0.305 e. The Labute approximate surface area is 168 Å². The van der Waals surface area contributed by atoms with E-state index < -0.39 is 30.3 Å². The summed E-state index contributed by atoms with van der Waals surface area (Å²) in [6, 6.07) is 6.35. The average molecular weight is 402 g/mol. The van der Waals surface area contributed by atoms with Crippen LogP contribution in [0, 0.1) is 11.8 Å². The Morgan fingerprint density at radius 1 is 1.24 bits per heavy atom. The molecule has 0 aliphatic carbocycles. The van der Waals surface area contributed by atoms with Crippen LogP contribution < -0.4 is 10.3 Å². The minimum absolute atomic E-state index is 0.0911. The highest BCUT2D eigenvalue weighted by atomic mass is 16.4. The Morgan fingerprint density at radius 3 is 2.48 bits per heavy atom. The third-order valence-corrected chi connectivity index (χ3v) is 4.66. The predicted octanol–water partition coefficient (Wildman–Crippen LogP) is 1.34. The van der Waals surface area contributed by atoms with Gasteiger partial charge in [0.05, 0.1) is 24.2 Å². The quantitative estimate of drug-likeness (QED) is 0.579. The van der Waals surface area contributed by atoms with E-state index in [1.165, 1.54) is 9.80 Å². The number of hydrogen-bond donors (Lipinski definition) is 2. The van der Waals surface area contributed by atoms with Crippen molar-refractivity contribution in [3.63, 3.8) is 0 Å². The minimum atomic E-state index is -1.19. The lowest BCUT2D eigenvalue weighted by Gasteiger charge is -2.26. The molecule has 1 heterocycles. The number of aldehydes is 1. The highest BCUT2D eigenvalue weighted by Gasteiger charge is 2.29. The lowest BCUT2D eigenvalue weighted by Crippen LogP contribution is -2.46. The number of benzene rings is 1. The Balaban J connectivity index is 2.15. The van der Waals surface area contributed by atoms with Crippen LogP contribution in [-0.2, 0) is 19.2 Å². The molecule has 0 fully saturated rings. The van der Waals surface area contributed by atoms with Gasteiger partial charge in [0.2, 0.25) is 11.8 Å². The van der Waals surface area contributed by atoms with Crippen molar-refractivity contribution < 1.29 is 24.3 Å². The molecular formula is C20H26N4O5. The normalized spacial score (nSPS) is 13.1. The molecule has 2 aromatic rings. The number of nitrogens with zero attached hydrogens (tertiary/aromatic N) is 3. The van der Waals surface area contributed by atoms with Gasteiger partial charge in [0, 0.05) is 24.3 Å². The fraction of sp³-hybridized carbons (Fsp3) is 0.450. The lowest BCUT2D eigenvalue weighted by molar-refractivity contribution is -0.139. The summed E-state index contributed by atoms with van der Waals surface area (Å²) in [5.41, 5.74) is 0.749. The van der Waals surface area contributed by atoms with E-state index in [2.05, 4.69) is 10.4 Å². The van der Waals surface area contributed by atoms with E-state index in [0.29, 0.717) is 12.8 Å². The van der Waals surface area contributed by atoms with Gasteiger partial charge in [-0.15, -0.1) is 0 Å². The van der Waals surface area contributed by atoms with Gasteiger partial charge in [0.15, 0.2) is 0 Å². The standard InChI is InChI=1S/C20H26N4O5/c1-4-23(24-11-14-7-5-6-8-17(14)22-24)18(26)10-16(13(2)3)20(29)21-15(12-25)9-19(27)28/h5-8,11-13,15-16H,4,9-10H2,1-3H3,(H,21,29)(H,27,28). The molecule has 0 radical (unpaired) electrons. The van der Waals surface area contributed by atoms with E-state index in [-0.39, 0.29) is 18.2 Å². The molecule has 2 rings (SSSR count). The van der Waals surface area contributed by atoms with E-state index in [1.54, 1.807) is 20.0 Å². The van der Waals surface area contributed by atoms with E-state index in [9.17, 15) is 19.2 Å². The van der Waals surface area contributed by atoms with Gasteiger partial charge in [0.1, 0.15) is 6.29 Å². The maximum absolute atomic E-state index is 12.9. The van der Waals surface area contributed by atoms with Crippen LogP contribution in [0.3, 0.4) is 0 Å². The predicted molar refractivity (Wildman–Crippen MR) is 107 cm³/mol. The summed E-state index contributed by atoms with van der Waals surface area (Å²) in [7, 11) is 0. The molecule has 156 valence electrons.